The highest BCUT2D eigenvalue weighted by Gasteiger charge is 2.32. The summed E-state index contributed by atoms with van der Waals surface area (Å²) in [6.07, 6.45) is -3.79. The van der Waals surface area contributed by atoms with Gasteiger partial charge < -0.3 is 19.6 Å². The average molecular weight is 366 g/mol. The number of hydrogen-bond acceptors (Lipinski definition) is 4. The van der Waals surface area contributed by atoms with E-state index in [9.17, 15) is 13.2 Å². The lowest BCUT2D eigenvalue weighted by Crippen LogP contribution is -2.18. The summed E-state index contributed by atoms with van der Waals surface area (Å²) in [5.74, 6) is 0.518. The van der Waals surface area contributed by atoms with Crippen molar-refractivity contribution < 1.29 is 27.1 Å². The van der Waals surface area contributed by atoms with Gasteiger partial charge in [0.15, 0.2) is 6.10 Å². The molecule has 0 fully saturated rings. The Morgan fingerprint density at radius 2 is 2.05 bits per heavy atom. The van der Waals surface area contributed by atoms with E-state index in [4.69, 9.17) is 14.9 Å². The Hall–Kier alpha value is -1.67. The van der Waals surface area contributed by atoms with Crippen LogP contribution in [0.25, 0.3) is 0 Å². The fourth-order valence-electron chi connectivity index (χ4n) is 1.62. The van der Waals surface area contributed by atoms with Crippen LogP contribution in [0.15, 0.2) is 45.5 Å². The van der Waals surface area contributed by atoms with Gasteiger partial charge in [0, 0.05) is 6.54 Å². The predicted molar refractivity (Wildman–Crippen MR) is 72.0 cm³/mol. The second-order valence-electron chi connectivity index (χ2n) is 4.00. The fraction of sp³-hybridized carbons (Fsp3) is 0.231. The van der Waals surface area contributed by atoms with Gasteiger partial charge in [-0.05, 0) is 46.3 Å². The molecule has 0 saturated carbocycles. The number of rotatable bonds is 5. The number of hydrogen-bond donors (Lipinski definition) is 1. The molecule has 0 aliphatic rings. The maximum absolute atomic E-state index is 12.2. The molecule has 0 saturated heterocycles. The number of benzene rings is 1. The topological polar surface area (TPSA) is 57.6 Å². The summed E-state index contributed by atoms with van der Waals surface area (Å²) in [5.41, 5.74) is 5.59. The van der Waals surface area contributed by atoms with Crippen molar-refractivity contribution in [2.75, 3.05) is 6.54 Å². The van der Waals surface area contributed by atoms with E-state index in [0.29, 0.717) is 11.5 Å². The number of halogens is 4. The molecule has 21 heavy (non-hydrogen) atoms. The van der Waals surface area contributed by atoms with E-state index < -0.39 is 12.5 Å². The van der Waals surface area contributed by atoms with Crippen molar-refractivity contribution in [3.8, 4) is 11.5 Å². The van der Waals surface area contributed by atoms with E-state index in [1.807, 2.05) is 0 Å². The summed E-state index contributed by atoms with van der Waals surface area (Å²) in [7, 11) is 0. The summed E-state index contributed by atoms with van der Waals surface area (Å²) in [6, 6.07) is 7.28. The van der Waals surface area contributed by atoms with E-state index in [0.717, 1.165) is 6.07 Å². The molecule has 0 radical (unpaired) electrons. The number of furan rings is 1. The van der Waals surface area contributed by atoms with Gasteiger partial charge in [-0.3, -0.25) is 0 Å². The molecule has 1 atom stereocenters. The first-order chi connectivity index (χ1) is 9.89. The maximum atomic E-state index is 12.2. The van der Waals surface area contributed by atoms with Gasteiger partial charge in [-0.1, -0.05) is 0 Å². The molecule has 0 aliphatic carbocycles. The molecule has 0 amide bonds. The highest BCUT2D eigenvalue weighted by Crippen LogP contribution is 2.34. The van der Waals surface area contributed by atoms with Gasteiger partial charge >= 0.3 is 6.36 Å². The molecule has 1 aromatic heterocycles. The molecule has 1 heterocycles. The zero-order valence-corrected chi connectivity index (χ0v) is 12.1. The molecule has 4 nitrogen and oxygen atoms in total. The van der Waals surface area contributed by atoms with Crippen molar-refractivity contribution >= 4 is 15.9 Å². The van der Waals surface area contributed by atoms with Crippen molar-refractivity contribution in [2.24, 2.45) is 5.73 Å². The largest absolute Gasteiger partial charge is 0.573 e. The Bertz CT molecular complexity index is 587. The third-order valence-electron chi connectivity index (χ3n) is 2.48. The summed E-state index contributed by atoms with van der Waals surface area (Å²) < 4.78 is 51.2. The van der Waals surface area contributed by atoms with Crippen molar-refractivity contribution in [3.05, 3.63) is 46.8 Å². The minimum absolute atomic E-state index is 0.118. The third-order valence-corrected chi connectivity index (χ3v) is 3.10. The first-order valence-electron chi connectivity index (χ1n) is 5.84. The van der Waals surface area contributed by atoms with Gasteiger partial charge in [0.1, 0.15) is 17.3 Å². The van der Waals surface area contributed by atoms with E-state index >= 15 is 0 Å². The van der Waals surface area contributed by atoms with E-state index in [-0.39, 0.29) is 16.8 Å². The number of alkyl halides is 3. The van der Waals surface area contributed by atoms with Gasteiger partial charge in [0.05, 0.1) is 10.7 Å². The summed E-state index contributed by atoms with van der Waals surface area (Å²) in [4.78, 5) is 0. The Morgan fingerprint density at radius 1 is 1.29 bits per heavy atom. The van der Waals surface area contributed by atoms with Crippen LogP contribution in [0.4, 0.5) is 13.2 Å². The maximum Gasteiger partial charge on any atom is 0.573 e. The van der Waals surface area contributed by atoms with Crippen molar-refractivity contribution in [1.82, 2.24) is 0 Å². The molecule has 0 spiro atoms. The lowest BCUT2D eigenvalue weighted by molar-refractivity contribution is -0.274. The molecule has 2 rings (SSSR count). The SMILES string of the molecule is NCC(Oc1ccc(OC(F)(F)F)c(Br)c1)c1ccco1. The van der Waals surface area contributed by atoms with Crippen LogP contribution in [-0.2, 0) is 0 Å². The molecular formula is C13H11BrF3NO3. The normalized spacial score (nSPS) is 13.0. The molecule has 0 bridgehead atoms. The van der Waals surface area contributed by atoms with Crippen LogP contribution in [-0.4, -0.2) is 12.9 Å². The lowest BCUT2D eigenvalue weighted by atomic mass is 10.2. The smallest absolute Gasteiger partial charge is 0.481 e. The number of nitrogens with two attached hydrogens (primary N) is 1. The molecule has 2 aromatic rings. The quantitative estimate of drug-likeness (QED) is 0.869. The monoisotopic (exact) mass is 365 g/mol. The molecule has 8 heteroatoms. The van der Waals surface area contributed by atoms with E-state index in [1.54, 1.807) is 12.1 Å². The molecule has 0 aliphatic heterocycles. The van der Waals surface area contributed by atoms with Gasteiger partial charge in [0.25, 0.3) is 0 Å². The first kappa shape index (κ1) is 15.7. The lowest BCUT2D eigenvalue weighted by Gasteiger charge is -2.16. The van der Waals surface area contributed by atoms with E-state index in [1.165, 1.54) is 18.4 Å². The highest BCUT2D eigenvalue weighted by molar-refractivity contribution is 9.10. The standard InChI is InChI=1S/C13H11BrF3NO3/c14-9-6-8(3-4-10(9)21-13(15,16)17)20-12(7-18)11-2-1-5-19-11/h1-6,12H,7,18H2. The van der Waals surface area contributed by atoms with E-state index in [2.05, 4.69) is 20.7 Å². The predicted octanol–water partition coefficient (Wildman–Crippen LogP) is 4.02. The highest BCUT2D eigenvalue weighted by atomic mass is 79.9. The zero-order valence-electron chi connectivity index (χ0n) is 10.6. The number of ether oxygens (including phenoxy) is 2. The molecule has 1 unspecified atom stereocenters. The Morgan fingerprint density at radius 3 is 2.57 bits per heavy atom. The minimum atomic E-state index is -4.75. The van der Waals surface area contributed by atoms with Crippen LogP contribution >= 0.6 is 15.9 Å². The molecule has 1 aromatic carbocycles. The van der Waals surface area contributed by atoms with Crippen molar-refractivity contribution in [2.45, 2.75) is 12.5 Å². The molecule has 114 valence electrons. The first-order valence-corrected chi connectivity index (χ1v) is 6.64. The zero-order chi connectivity index (χ0) is 15.5. The Kier molecular flexibility index (Phi) is 4.79. The van der Waals surface area contributed by atoms with Crippen molar-refractivity contribution in [1.29, 1.82) is 0 Å². The Labute approximate surface area is 126 Å². The van der Waals surface area contributed by atoms with Crippen LogP contribution in [0, 0.1) is 0 Å². The van der Waals surface area contributed by atoms with Gasteiger partial charge in [-0.15, -0.1) is 13.2 Å². The van der Waals surface area contributed by atoms with Gasteiger partial charge in [-0.2, -0.15) is 0 Å². The average Bonchev–Trinajstić information content (AvgIpc) is 2.91. The van der Waals surface area contributed by atoms with Gasteiger partial charge in [0.2, 0.25) is 0 Å². The Balaban J connectivity index is 2.13. The van der Waals surface area contributed by atoms with Crippen LogP contribution in [0.5, 0.6) is 11.5 Å². The van der Waals surface area contributed by atoms with Crippen LogP contribution in [0.3, 0.4) is 0 Å². The molecular weight excluding hydrogens is 355 g/mol. The minimum Gasteiger partial charge on any atom is -0.481 e. The van der Waals surface area contributed by atoms with Crippen LogP contribution in [0.2, 0.25) is 0 Å². The van der Waals surface area contributed by atoms with Crippen LogP contribution in [0.1, 0.15) is 11.9 Å². The van der Waals surface area contributed by atoms with Crippen molar-refractivity contribution in [3.63, 3.8) is 0 Å². The second-order valence-corrected chi connectivity index (χ2v) is 4.85. The third kappa shape index (κ3) is 4.40. The summed E-state index contributed by atoms with van der Waals surface area (Å²) in [6.45, 7) is 0.159. The molecule has 2 N–H and O–H groups in total. The second kappa shape index (κ2) is 6.40. The summed E-state index contributed by atoms with van der Waals surface area (Å²) >= 11 is 3.00. The van der Waals surface area contributed by atoms with Crippen LogP contribution < -0.4 is 15.2 Å². The van der Waals surface area contributed by atoms with Gasteiger partial charge in [-0.25, -0.2) is 0 Å². The summed E-state index contributed by atoms with van der Waals surface area (Å²) in [5, 5.41) is 0. The fourth-order valence-corrected chi connectivity index (χ4v) is 2.06.